The first kappa shape index (κ1) is 43.7. The van der Waals surface area contributed by atoms with Crippen LogP contribution in [0.3, 0.4) is 0 Å². The van der Waals surface area contributed by atoms with Crippen LogP contribution in [0.1, 0.15) is 105 Å². The number of ether oxygens (including phenoxy) is 4. The lowest BCUT2D eigenvalue weighted by Crippen LogP contribution is -2.42. The summed E-state index contributed by atoms with van der Waals surface area (Å²) in [4.78, 5) is 44.6. The maximum atomic E-state index is 11.1. The van der Waals surface area contributed by atoms with E-state index in [0.29, 0.717) is 24.2 Å². The van der Waals surface area contributed by atoms with Gasteiger partial charge in [-0.15, -0.1) is 0 Å². The summed E-state index contributed by atoms with van der Waals surface area (Å²) < 4.78 is 18.7. The number of hydrogen-bond donors (Lipinski definition) is 4. The molecule has 4 heterocycles. The molecule has 0 aliphatic carbocycles. The lowest BCUT2D eigenvalue weighted by Gasteiger charge is -2.27. The molecule has 48 heavy (non-hydrogen) atoms. The summed E-state index contributed by atoms with van der Waals surface area (Å²) in [6.45, 7) is 11.8. The van der Waals surface area contributed by atoms with Gasteiger partial charge < -0.3 is 40.2 Å². The van der Waals surface area contributed by atoms with Crippen LogP contribution in [0.25, 0.3) is 0 Å². The Balaban J connectivity index is 0.000000320. The summed E-state index contributed by atoms with van der Waals surface area (Å²) >= 11 is 0. The number of esters is 4. The maximum absolute atomic E-state index is 11.1. The molecule has 0 aromatic rings. The van der Waals surface area contributed by atoms with E-state index in [0.717, 1.165) is 51.9 Å². The normalized spacial score (nSPS) is 26.3. The van der Waals surface area contributed by atoms with E-state index in [4.69, 9.17) is 0 Å². The third-order valence-electron chi connectivity index (χ3n) is 10.1. The second-order valence-corrected chi connectivity index (χ2v) is 13.5. The molecule has 12 heteroatoms. The largest absolute Gasteiger partial charge is 0.469 e. The lowest BCUT2D eigenvalue weighted by molar-refractivity contribution is -0.146. The van der Waals surface area contributed by atoms with Crippen LogP contribution in [0.4, 0.5) is 0 Å². The summed E-state index contributed by atoms with van der Waals surface area (Å²) in [5.41, 5.74) is 0. The van der Waals surface area contributed by atoms with Crippen LogP contribution < -0.4 is 21.3 Å². The highest BCUT2D eigenvalue weighted by atomic mass is 16.5. The highest BCUT2D eigenvalue weighted by Crippen LogP contribution is 2.18. The number of carbonyl (C=O) groups excluding carboxylic acids is 4. The topological polar surface area (TPSA) is 153 Å². The van der Waals surface area contributed by atoms with Crippen molar-refractivity contribution in [2.75, 3.05) is 54.6 Å². The van der Waals surface area contributed by atoms with Gasteiger partial charge in [0, 0.05) is 24.2 Å². The summed E-state index contributed by atoms with van der Waals surface area (Å²) in [7, 11) is 5.78. The molecule has 0 spiro atoms. The first-order chi connectivity index (χ1) is 23.0. The fourth-order valence-corrected chi connectivity index (χ4v) is 6.62. The molecule has 4 rings (SSSR count). The van der Waals surface area contributed by atoms with Gasteiger partial charge in [0.15, 0.2) is 0 Å². The van der Waals surface area contributed by atoms with Crippen molar-refractivity contribution in [3.05, 3.63) is 0 Å². The van der Waals surface area contributed by atoms with E-state index in [9.17, 15) is 19.2 Å². The number of methoxy groups -OCH3 is 4. The Kier molecular flexibility index (Phi) is 23.4. The van der Waals surface area contributed by atoms with Crippen molar-refractivity contribution in [3.63, 3.8) is 0 Å². The SMILES string of the molecule is COC(=O)C(C)C1CCCCN1.COC(=O)C(C)C1CCCCN1.COC(=O)C(C)C1CCCCN1.COC(=O)C(C)C1CCCCN1. The minimum Gasteiger partial charge on any atom is -0.469 e. The molecule has 4 saturated heterocycles. The van der Waals surface area contributed by atoms with E-state index in [2.05, 4.69) is 40.2 Å². The molecule has 0 amide bonds. The third-order valence-corrected chi connectivity index (χ3v) is 10.1. The van der Waals surface area contributed by atoms with Gasteiger partial charge in [0.25, 0.3) is 0 Å². The van der Waals surface area contributed by atoms with Crippen LogP contribution >= 0.6 is 0 Å². The van der Waals surface area contributed by atoms with Gasteiger partial charge in [-0.3, -0.25) is 19.2 Å². The highest BCUT2D eigenvalue weighted by Gasteiger charge is 2.28. The zero-order chi connectivity index (χ0) is 35.9. The quantitative estimate of drug-likeness (QED) is 0.218. The third kappa shape index (κ3) is 16.4. The Bertz CT molecular complexity index is 754. The Morgan fingerprint density at radius 2 is 0.583 bits per heavy atom. The monoisotopic (exact) mass is 685 g/mol. The van der Waals surface area contributed by atoms with Crippen LogP contribution in [0.5, 0.6) is 0 Å². The molecular weight excluding hydrogens is 616 g/mol. The number of hydrogen-bond acceptors (Lipinski definition) is 12. The molecule has 8 unspecified atom stereocenters. The molecule has 0 aromatic heterocycles. The average molecular weight is 685 g/mol. The van der Waals surface area contributed by atoms with E-state index >= 15 is 0 Å². The molecule has 4 aliphatic heterocycles. The minimum atomic E-state index is -0.102. The van der Waals surface area contributed by atoms with Crippen molar-refractivity contribution in [1.82, 2.24) is 21.3 Å². The van der Waals surface area contributed by atoms with Crippen molar-refractivity contribution in [1.29, 1.82) is 0 Å². The Hall–Kier alpha value is -2.28. The molecule has 12 nitrogen and oxygen atoms in total. The highest BCUT2D eigenvalue weighted by molar-refractivity contribution is 5.73. The predicted octanol–water partition coefficient (Wildman–Crippen LogP) is 3.75. The van der Waals surface area contributed by atoms with Gasteiger partial charge in [0.2, 0.25) is 0 Å². The van der Waals surface area contributed by atoms with Gasteiger partial charge in [-0.1, -0.05) is 53.4 Å². The zero-order valence-electron chi connectivity index (χ0n) is 31.2. The average Bonchev–Trinajstić information content (AvgIpc) is 3.17. The molecule has 8 atom stereocenters. The van der Waals surface area contributed by atoms with Crippen LogP contribution in [0, 0.1) is 23.7 Å². The number of nitrogens with one attached hydrogen (secondary N) is 4. The summed E-state index contributed by atoms with van der Waals surface area (Å²) in [5, 5.41) is 13.3. The fourth-order valence-electron chi connectivity index (χ4n) is 6.62. The second kappa shape index (κ2) is 25.7. The first-order valence-corrected chi connectivity index (χ1v) is 18.3. The predicted molar refractivity (Wildman–Crippen MR) is 187 cm³/mol. The van der Waals surface area contributed by atoms with Crippen molar-refractivity contribution >= 4 is 23.9 Å². The molecule has 280 valence electrons. The number of rotatable bonds is 8. The number of piperidine rings is 4. The van der Waals surface area contributed by atoms with Crippen LogP contribution in [-0.4, -0.2) is 103 Å². The van der Waals surface area contributed by atoms with E-state index in [-0.39, 0.29) is 47.5 Å². The summed E-state index contributed by atoms with van der Waals surface area (Å²) in [6.07, 6.45) is 14.2. The van der Waals surface area contributed by atoms with Crippen molar-refractivity contribution < 1.29 is 38.1 Å². The first-order valence-electron chi connectivity index (χ1n) is 18.3. The van der Waals surface area contributed by atoms with E-state index in [1.807, 2.05) is 27.7 Å². The van der Waals surface area contributed by atoms with Crippen LogP contribution in [-0.2, 0) is 38.1 Å². The van der Waals surface area contributed by atoms with E-state index in [1.54, 1.807) is 0 Å². The van der Waals surface area contributed by atoms with Crippen molar-refractivity contribution in [3.8, 4) is 0 Å². The van der Waals surface area contributed by atoms with Gasteiger partial charge in [0.1, 0.15) is 0 Å². The van der Waals surface area contributed by atoms with Gasteiger partial charge in [-0.05, 0) is 77.5 Å². The lowest BCUT2D eigenvalue weighted by atomic mass is 9.94. The second-order valence-electron chi connectivity index (χ2n) is 13.5. The van der Waals surface area contributed by atoms with Gasteiger partial charge >= 0.3 is 23.9 Å². The minimum absolute atomic E-state index is 0.00435. The van der Waals surface area contributed by atoms with E-state index in [1.165, 1.54) is 79.8 Å². The van der Waals surface area contributed by atoms with Gasteiger partial charge in [-0.2, -0.15) is 0 Å². The fraction of sp³-hybridized carbons (Fsp3) is 0.889. The molecule has 4 aliphatic rings. The molecular formula is C36H68N4O8. The molecule has 4 fully saturated rings. The molecule has 4 N–H and O–H groups in total. The smallest absolute Gasteiger partial charge is 0.309 e. The van der Waals surface area contributed by atoms with Crippen molar-refractivity contribution in [2.45, 2.75) is 129 Å². The molecule has 0 radical (unpaired) electrons. The number of carbonyl (C=O) groups is 4. The van der Waals surface area contributed by atoms with E-state index < -0.39 is 0 Å². The standard InChI is InChI=1S/4C9H17NO2/c4*1-7(9(11)12-2)8-5-3-4-6-10-8/h4*7-8,10H,3-6H2,1-2H3. The molecule has 0 bridgehead atoms. The van der Waals surface area contributed by atoms with Gasteiger partial charge in [-0.25, -0.2) is 0 Å². The Labute approximate surface area is 290 Å². The van der Waals surface area contributed by atoms with Gasteiger partial charge in [0.05, 0.1) is 52.1 Å². The Morgan fingerprint density at radius 1 is 0.396 bits per heavy atom. The van der Waals surface area contributed by atoms with Crippen LogP contribution in [0.2, 0.25) is 0 Å². The molecule has 0 saturated carbocycles. The van der Waals surface area contributed by atoms with Crippen LogP contribution in [0.15, 0.2) is 0 Å². The maximum Gasteiger partial charge on any atom is 0.309 e. The van der Waals surface area contributed by atoms with Crippen molar-refractivity contribution in [2.24, 2.45) is 23.7 Å². The summed E-state index contributed by atoms with van der Waals surface area (Å²) in [6, 6.07) is 1.30. The molecule has 0 aromatic carbocycles. The Morgan fingerprint density at radius 3 is 0.708 bits per heavy atom. The zero-order valence-corrected chi connectivity index (χ0v) is 31.2. The summed E-state index contributed by atoms with van der Waals surface area (Å²) in [5.74, 6) is -0.427.